The summed E-state index contributed by atoms with van der Waals surface area (Å²) in [5.74, 6) is -1.40. The molecule has 29 heavy (non-hydrogen) atoms. The molecule has 8 nitrogen and oxygen atoms in total. The normalized spacial score (nSPS) is 13.1. The molecule has 0 radical (unpaired) electrons. The van der Waals surface area contributed by atoms with Crippen molar-refractivity contribution in [1.82, 2.24) is 0 Å². The van der Waals surface area contributed by atoms with Gasteiger partial charge in [0.15, 0.2) is 6.61 Å². The molecule has 2 aromatic rings. The third-order valence-corrected chi connectivity index (χ3v) is 6.11. The van der Waals surface area contributed by atoms with Crippen LogP contribution < -0.4 is 10.0 Å². The standard InChI is InChI=1S/C19H19N3O5S2/c1-29(25,26)22-15-8-4-2-7-13(15)19(24)27-11-17(23)21-18-14(10-20)12-6-3-5-9-16(12)28-18/h2,4,7-8,22H,3,5-6,9,11H2,1H3,(H,21,23). The Hall–Kier alpha value is -2.90. The fraction of sp³-hybridized carbons (Fsp3) is 0.316. The summed E-state index contributed by atoms with van der Waals surface area (Å²) < 4.78 is 30.1. The fourth-order valence-electron chi connectivity index (χ4n) is 3.09. The third kappa shape index (κ3) is 5.13. The first-order valence-electron chi connectivity index (χ1n) is 8.87. The highest BCUT2D eigenvalue weighted by Crippen LogP contribution is 2.37. The Morgan fingerprint density at radius 2 is 1.97 bits per heavy atom. The van der Waals surface area contributed by atoms with Gasteiger partial charge in [-0.1, -0.05) is 12.1 Å². The monoisotopic (exact) mass is 433 g/mol. The molecule has 0 saturated heterocycles. The van der Waals surface area contributed by atoms with Crippen molar-refractivity contribution in [2.24, 2.45) is 0 Å². The number of ether oxygens (including phenoxy) is 1. The van der Waals surface area contributed by atoms with Crippen molar-refractivity contribution in [3.8, 4) is 6.07 Å². The molecule has 3 rings (SSSR count). The number of nitriles is 1. The molecule has 0 fully saturated rings. The predicted molar refractivity (Wildman–Crippen MR) is 109 cm³/mol. The molecule has 1 amide bonds. The second kappa shape index (κ2) is 8.63. The van der Waals surface area contributed by atoms with Gasteiger partial charge in [0, 0.05) is 4.88 Å². The molecule has 2 N–H and O–H groups in total. The first-order chi connectivity index (χ1) is 13.8. The van der Waals surface area contributed by atoms with Gasteiger partial charge in [-0.15, -0.1) is 11.3 Å². The molecule has 152 valence electrons. The van der Waals surface area contributed by atoms with Gasteiger partial charge in [-0.3, -0.25) is 9.52 Å². The highest BCUT2D eigenvalue weighted by Gasteiger charge is 2.22. The number of amides is 1. The first-order valence-corrected chi connectivity index (χ1v) is 11.6. The lowest BCUT2D eigenvalue weighted by Crippen LogP contribution is -2.22. The van der Waals surface area contributed by atoms with E-state index in [1.165, 1.54) is 23.5 Å². The minimum absolute atomic E-state index is 0.00461. The van der Waals surface area contributed by atoms with E-state index in [0.717, 1.165) is 42.4 Å². The highest BCUT2D eigenvalue weighted by molar-refractivity contribution is 7.92. The molecule has 1 heterocycles. The predicted octanol–water partition coefficient (Wildman–Crippen LogP) is 2.67. The summed E-state index contributed by atoms with van der Waals surface area (Å²) >= 11 is 1.38. The number of carbonyl (C=O) groups excluding carboxylic acids is 2. The van der Waals surface area contributed by atoms with E-state index in [4.69, 9.17) is 4.74 Å². The number of benzene rings is 1. The van der Waals surface area contributed by atoms with Crippen molar-refractivity contribution in [1.29, 1.82) is 5.26 Å². The second-order valence-electron chi connectivity index (χ2n) is 6.57. The maximum absolute atomic E-state index is 12.3. The van der Waals surface area contributed by atoms with Crippen molar-refractivity contribution in [2.75, 3.05) is 22.9 Å². The number of hydrogen-bond acceptors (Lipinski definition) is 7. The third-order valence-electron chi connectivity index (χ3n) is 4.31. The number of hydrogen-bond donors (Lipinski definition) is 2. The van der Waals surface area contributed by atoms with E-state index < -0.39 is 28.5 Å². The molecular formula is C19H19N3O5S2. The van der Waals surface area contributed by atoms with Crippen LogP contribution in [0.4, 0.5) is 10.7 Å². The summed E-state index contributed by atoms with van der Waals surface area (Å²) in [6, 6.07) is 8.10. The molecule has 1 aromatic heterocycles. The number of fused-ring (bicyclic) bond motifs is 1. The number of para-hydroxylation sites is 1. The number of nitrogens with zero attached hydrogens (tertiary/aromatic N) is 1. The van der Waals surface area contributed by atoms with Crippen LogP contribution in [0.5, 0.6) is 0 Å². The number of nitrogens with one attached hydrogen (secondary N) is 2. The van der Waals surface area contributed by atoms with Gasteiger partial charge in [-0.2, -0.15) is 5.26 Å². The summed E-state index contributed by atoms with van der Waals surface area (Å²) in [7, 11) is -3.58. The maximum atomic E-state index is 12.3. The lowest BCUT2D eigenvalue weighted by atomic mass is 9.96. The lowest BCUT2D eigenvalue weighted by molar-refractivity contribution is -0.119. The van der Waals surface area contributed by atoms with E-state index in [2.05, 4.69) is 16.1 Å². The Labute approximate surface area is 172 Å². The van der Waals surface area contributed by atoms with Gasteiger partial charge in [-0.05, 0) is 43.4 Å². The van der Waals surface area contributed by atoms with Crippen molar-refractivity contribution in [3.63, 3.8) is 0 Å². The van der Waals surface area contributed by atoms with E-state index in [1.54, 1.807) is 12.1 Å². The zero-order chi connectivity index (χ0) is 21.0. The average molecular weight is 434 g/mol. The minimum Gasteiger partial charge on any atom is -0.452 e. The average Bonchev–Trinajstić information content (AvgIpc) is 3.02. The molecule has 1 aliphatic carbocycles. The number of esters is 1. The van der Waals surface area contributed by atoms with E-state index in [1.807, 2.05) is 0 Å². The summed E-state index contributed by atoms with van der Waals surface area (Å²) in [4.78, 5) is 25.7. The number of aryl methyl sites for hydroxylation is 1. The van der Waals surface area contributed by atoms with E-state index in [-0.39, 0.29) is 11.3 Å². The Balaban J connectivity index is 1.66. The van der Waals surface area contributed by atoms with Crippen LogP contribution in [0.3, 0.4) is 0 Å². The molecule has 1 aliphatic rings. The topological polar surface area (TPSA) is 125 Å². The van der Waals surface area contributed by atoms with Crippen LogP contribution >= 0.6 is 11.3 Å². The Morgan fingerprint density at radius 1 is 1.24 bits per heavy atom. The van der Waals surface area contributed by atoms with Crippen LogP contribution in [0.15, 0.2) is 24.3 Å². The lowest BCUT2D eigenvalue weighted by Gasteiger charge is -2.10. The summed E-state index contributed by atoms with van der Waals surface area (Å²) in [5, 5.41) is 12.5. The zero-order valence-electron chi connectivity index (χ0n) is 15.6. The van der Waals surface area contributed by atoms with Gasteiger partial charge in [-0.25, -0.2) is 13.2 Å². The van der Waals surface area contributed by atoms with Crippen LogP contribution in [0.2, 0.25) is 0 Å². The molecule has 1 aromatic carbocycles. The van der Waals surface area contributed by atoms with Crippen LogP contribution in [0, 0.1) is 11.3 Å². The molecule has 0 aliphatic heterocycles. The highest BCUT2D eigenvalue weighted by atomic mass is 32.2. The zero-order valence-corrected chi connectivity index (χ0v) is 17.3. The van der Waals surface area contributed by atoms with Crippen LogP contribution in [-0.4, -0.2) is 33.2 Å². The number of anilines is 2. The largest absolute Gasteiger partial charge is 0.452 e. The number of thiophene rings is 1. The molecular weight excluding hydrogens is 414 g/mol. The van der Waals surface area contributed by atoms with E-state index in [9.17, 15) is 23.3 Å². The summed E-state index contributed by atoms with van der Waals surface area (Å²) in [6.45, 7) is -0.556. The summed E-state index contributed by atoms with van der Waals surface area (Å²) in [5.41, 5.74) is 1.54. The van der Waals surface area contributed by atoms with Gasteiger partial charge in [0.05, 0.1) is 23.1 Å². The van der Waals surface area contributed by atoms with Crippen molar-refractivity contribution in [3.05, 3.63) is 45.8 Å². The Bertz CT molecular complexity index is 1100. The van der Waals surface area contributed by atoms with Crippen molar-refractivity contribution >= 4 is 43.9 Å². The second-order valence-corrected chi connectivity index (χ2v) is 9.42. The van der Waals surface area contributed by atoms with Gasteiger partial charge < -0.3 is 10.1 Å². The number of carbonyl (C=O) groups is 2. The molecule has 0 saturated carbocycles. The molecule has 0 bridgehead atoms. The molecule has 0 atom stereocenters. The van der Waals surface area contributed by atoms with Crippen LogP contribution in [-0.2, 0) is 32.4 Å². The fourth-order valence-corrected chi connectivity index (χ4v) is 4.93. The molecule has 0 unspecified atom stereocenters. The SMILES string of the molecule is CS(=O)(=O)Nc1ccccc1C(=O)OCC(=O)Nc1sc2c(c1C#N)CCCC2. The van der Waals surface area contributed by atoms with Gasteiger partial charge in [0.2, 0.25) is 10.0 Å². The number of rotatable bonds is 6. The van der Waals surface area contributed by atoms with Crippen LogP contribution in [0.1, 0.15) is 39.2 Å². The van der Waals surface area contributed by atoms with Gasteiger partial charge >= 0.3 is 5.97 Å². The Morgan fingerprint density at radius 3 is 2.69 bits per heavy atom. The van der Waals surface area contributed by atoms with Crippen molar-refractivity contribution < 1.29 is 22.7 Å². The first kappa shape index (κ1) is 20.8. The number of sulfonamides is 1. The smallest absolute Gasteiger partial charge is 0.340 e. The van der Waals surface area contributed by atoms with Gasteiger partial charge in [0.1, 0.15) is 11.1 Å². The molecule has 10 heteroatoms. The molecule has 0 spiro atoms. The minimum atomic E-state index is -3.58. The van der Waals surface area contributed by atoms with E-state index in [0.29, 0.717) is 10.6 Å². The quantitative estimate of drug-likeness (QED) is 0.675. The maximum Gasteiger partial charge on any atom is 0.340 e. The van der Waals surface area contributed by atoms with Crippen molar-refractivity contribution in [2.45, 2.75) is 25.7 Å². The summed E-state index contributed by atoms with van der Waals surface area (Å²) in [6.07, 6.45) is 4.76. The van der Waals surface area contributed by atoms with Crippen LogP contribution in [0.25, 0.3) is 0 Å². The van der Waals surface area contributed by atoms with Gasteiger partial charge in [0.25, 0.3) is 5.91 Å². The Kier molecular flexibility index (Phi) is 6.20. The van der Waals surface area contributed by atoms with E-state index >= 15 is 0 Å².